The molecule has 0 bridgehead atoms. The summed E-state index contributed by atoms with van der Waals surface area (Å²) in [6.07, 6.45) is 1.97. The Morgan fingerprint density at radius 3 is 1.78 bits per heavy atom. The molecule has 0 aliphatic carbocycles. The number of aliphatic carboxylic acids is 1. The lowest BCUT2D eigenvalue weighted by Gasteiger charge is -2.64. The van der Waals surface area contributed by atoms with Crippen molar-refractivity contribution < 1.29 is 9.90 Å². The van der Waals surface area contributed by atoms with Crippen molar-refractivity contribution in [2.45, 2.75) is 73.3 Å². The number of hydrogen-bond donors (Lipinski definition) is 3. The first-order valence-electron chi connectivity index (χ1n) is 9.62. The molecule has 0 unspecified atom stereocenters. The van der Waals surface area contributed by atoms with Crippen molar-refractivity contribution in [2.75, 3.05) is 0 Å². The summed E-state index contributed by atoms with van der Waals surface area (Å²) in [4.78, 5) is 16.3. The SMILES string of the molecule is CC(C)(C)C(c1c[nH]c2ccccc12)(C(C)(C)C)[C@](N)(C(=O)O)C(C)(C)C. The van der Waals surface area contributed by atoms with Crippen LogP contribution in [0.15, 0.2) is 30.5 Å². The van der Waals surface area contributed by atoms with Crippen LogP contribution in [0.2, 0.25) is 0 Å². The van der Waals surface area contributed by atoms with Crippen LogP contribution in [0.1, 0.15) is 67.9 Å². The molecular formula is C23H36N2O2. The van der Waals surface area contributed by atoms with E-state index in [1.54, 1.807) is 0 Å². The van der Waals surface area contributed by atoms with Crippen molar-refractivity contribution in [1.82, 2.24) is 4.98 Å². The van der Waals surface area contributed by atoms with Gasteiger partial charge in [-0.05, 0) is 27.9 Å². The molecule has 4 heteroatoms. The predicted molar refractivity (Wildman–Crippen MR) is 113 cm³/mol. The van der Waals surface area contributed by atoms with Crippen LogP contribution in [-0.2, 0) is 10.2 Å². The van der Waals surface area contributed by atoms with Gasteiger partial charge in [0.25, 0.3) is 0 Å². The number of benzene rings is 1. The third-order valence-corrected chi connectivity index (χ3v) is 6.36. The number of fused-ring (bicyclic) bond motifs is 1. The Morgan fingerprint density at radius 2 is 1.37 bits per heavy atom. The average molecular weight is 373 g/mol. The zero-order valence-electron chi connectivity index (χ0n) is 18.3. The van der Waals surface area contributed by atoms with Gasteiger partial charge in [0.05, 0.1) is 0 Å². The molecule has 1 aromatic carbocycles. The van der Waals surface area contributed by atoms with Gasteiger partial charge in [-0.25, -0.2) is 0 Å². The van der Waals surface area contributed by atoms with Gasteiger partial charge >= 0.3 is 5.97 Å². The number of para-hydroxylation sites is 1. The standard InChI is InChI=1S/C23H36N2O2/c1-19(2,3)22(20(4,5)6,23(24,18(26)27)21(7,8)9)16-14-25-17-13-11-10-12-15(16)17/h10-14,25H,24H2,1-9H3,(H,26,27)/t23-/m0/s1. The van der Waals surface area contributed by atoms with E-state index in [-0.39, 0.29) is 0 Å². The topological polar surface area (TPSA) is 79.1 Å². The van der Waals surface area contributed by atoms with E-state index >= 15 is 0 Å². The van der Waals surface area contributed by atoms with Gasteiger partial charge in [0.15, 0.2) is 0 Å². The van der Waals surface area contributed by atoms with Crippen molar-refractivity contribution in [1.29, 1.82) is 0 Å². The molecule has 1 aromatic heterocycles. The van der Waals surface area contributed by atoms with Gasteiger partial charge in [0.2, 0.25) is 0 Å². The van der Waals surface area contributed by atoms with Crippen LogP contribution in [0.3, 0.4) is 0 Å². The first-order valence-corrected chi connectivity index (χ1v) is 9.62. The monoisotopic (exact) mass is 372 g/mol. The molecule has 0 saturated heterocycles. The van der Waals surface area contributed by atoms with Crippen LogP contribution in [-0.4, -0.2) is 21.6 Å². The third kappa shape index (κ3) is 2.72. The van der Waals surface area contributed by atoms with Crippen LogP contribution in [0.25, 0.3) is 10.9 Å². The van der Waals surface area contributed by atoms with Crippen molar-refractivity contribution in [3.8, 4) is 0 Å². The Labute approximate surface area is 163 Å². The highest BCUT2D eigenvalue weighted by molar-refractivity contribution is 5.89. The minimum absolute atomic E-state index is 0.434. The van der Waals surface area contributed by atoms with E-state index < -0.39 is 33.2 Å². The highest BCUT2D eigenvalue weighted by Gasteiger charge is 2.70. The number of nitrogens with one attached hydrogen (secondary N) is 1. The number of aromatic nitrogens is 1. The first-order chi connectivity index (χ1) is 12.0. The summed E-state index contributed by atoms with van der Waals surface area (Å²) in [6.45, 7) is 18.4. The molecule has 0 radical (unpaired) electrons. The Morgan fingerprint density at radius 1 is 0.889 bits per heavy atom. The number of aromatic amines is 1. The fourth-order valence-electron chi connectivity index (χ4n) is 5.75. The van der Waals surface area contributed by atoms with Gasteiger partial charge in [-0.15, -0.1) is 0 Å². The normalized spacial score (nSPS) is 16.4. The van der Waals surface area contributed by atoms with E-state index in [2.05, 4.69) is 52.6 Å². The molecule has 4 nitrogen and oxygen atoms in total. The lowest BCUT2D eigenvalue weighted by atomic mass is 9.39. The fourth-order valence-corrected chi connectivity index (χ4v) is 5.75. The molecule has 2 aromatic rings. The third-order valence-electron chi connectivity index (χ3n) is 6.36. The molecule has 1 heterocycles. The van der Waals surface area contributed by atoms with Crippen molar-refractivity contribution in [3.63, 3.8) is 0 Å². The molecule has 0 aliphatic heterocycles. The number of carboxylic acids is 1. The van der Waals surface area contributed by atoms with Crippen molar-refractivity contribution in [2.24, 2.45) is 22.0 Å². The van der Waals surface area contributed by atoms with Gasteiger partial charge in [-0.2, -0.15) is 0 Å². The maximum absolute atomic E-state index is 12.9. The zero-order chi connectivity index (χ0) is 21.1. The first kappa shape index (κ1) is 21.5. The lowest BCUT2D eigenvalue weighted by Crippen LogP contribution is -2.77. The molecule has 0 spiro atoms. The van der Waals surface area contributed by atoms with Crippen LogP contribution < -0.4 is 5.73 Å². The van der Waals surface area contributed by atoms with Crippen LogP contribution >= 0.6 is 0 Å². The summed E-state index contributed by atoms with van der Waals surface area (Å²) in [5.74, 6) is -0.967. The highest BCUT2D eigenvalue weighted by Crippen LogP contribution is 2.63. The van der Waals surface area contributed by atoms with Crippen LogP contribution in [0, 0.1) is 16.2 Å². The smallest absolute Gasteiger partial charge is 0.325 e. The Kier molecular flexibility index (Phi) is 4.85. The molecule has 0 saturated carbocycles. The summed E-state index contributed by atoms with van der Waals surface area (Å²) in [5.41, 5.74) is 5.07. The quantitative estimate of drug-likeness (QED) is 0.681. The molecule has 4 N–H and O–H groups in total. The number of nitrogens with two attached hydrogens (primary N) is 1. The second-order valence-corrected chi connectivity index (χ2v) is 10.9. The minimum atomic E-state index is -1.51. The second kappa shape index (κ2) is 6.10. The molecular weight excluding hydrogens is 336 g/mol. The van der Waals surface area contributed by atoms with E-state index in [4.69, 9.17) is 5.73 Å². The number of H-pyrrole nitrogens is 1. The predicted octanol–water partition coefficient (Wildman–Crippen LogP) is 5.33. The number of rotatable bonds is 3. The molecule has 0 amide bonds. The van der Waals surface area contributed by atoms with E-state index in [0.717, 1.165) is 16.5 Å². The molecule has 0 aliphatic rings. The summed E-state index contributed by atoms with van der Waals surface area (Å²) >= 11 is 0. The van der Waals surface area contributed by atoms with Gasteiger partial charge in [-0.1, -0.05) is 80.5 Å². The Bertz CT molecular complexity index is 830. The Balaban J connectivity index is 3.17. The van der Waals surface area contributed by atoms with Gasteiger partial charge in [-0.3, -0.25) is 4.79 Å². The zero-order valence-corrected chi connectivity index (χ0v) is 18.3. The molecule has 1 atom stereocenters. The summed E-state index contributed by atoms with van der Waals surface area (Å²) in [7, 11) is 0. The Hall–Kier alpha value is -1.81. The average Bonchev–Trinajstić information content (AvgIpc) is 2.87. The maximum atomic E-state index is 12.9. The number of hydrogen-bond acceptors (Lipinski definition) is 2. The largest absolute Gasteiger partial charge is 0.480 e. The van der Waals surface area contributed by atoms with E-state index in [9.17, 15) is 9.90 Å². The van der Waals surface area contributed by atoms with Crippen molar-refractivity contribution >= 4 is 16.9 Å². The fraction of sp³-hybridized carbons (Fsp3) is 0.609. The van der Waals surface area contributed by atoms with Gasteiger partial charge in [0, 0.05) is 22.5 Å². The van der Waals surface area contributed by atoms with E-state index in [1.165, 1.54) is 0 Å². The molecule has 2 rings (SSSR count). The summed E-state index contributed by atoms with van der Waals surface area (Å²) < 4.78 is 0. The summed E-state index contributed by atoms with van der Waals surface area (Å²) in [6, 6.07) is 8.05. The second-order valence-electron chi connectivity index (χ2n) is 10.9. The van der Waals surface area contributed by atoms with Crippen LogP contribution in [0.5, 0.6) is 0 Å². The number of carbonyl (C=O) groups is 1. The number of carboxylic acid groups (broad SMARTS) is 1. The molecule has 150 valence electrons. The lowest BCUT2D eigenvalue weighted by molar-refractivity contribution is -0.165. The maximum Gasteiger partial charge on any atom is 0.325 e. The van der Waals surface area contributed by atoms with Crippen molar-refractivity contribution in [3.05, 3.63) is 36.0 Å². The molecule has 0 fully saturated rings. The van der Waals surface area contributed by atoms with Crippen LogP contribution in [0.4, 0.5) is 0 Å². The highest BCUT2D eigenvalue weighted by atomic mass is 16.4. The van der Waals surface area contributed by atoms with E-state index in [1.807, 2.05) is 45.2 Å². The van der Waals surface area contributed by atoms with Gasteiger partial charge < -0.3 is 15.8 Å². The van der Waals surface area contributed by atoms with Gasteiger partial charge in [0.1, 0.15) is 5.54 Å². The summed E-state index contributed by atoms with van der Waals surface area (Å²) in [5, 5.41) is 11.6. The minimum Gasteiger partial charge on any atom is -0.480 e. The molecule has 27 heavy (non-hydrogen) atoms. The van der Waals surface area contributed by atoms with E-state index in [0.29, 0.717) is 0 Å².